The number of halogens is 1. The number of carbonyl (C=O) groups is 2. The Labute approximate surface area is 289 Å². The summed E-state index contributed by atoms with van der Waals surface area (Å²) in [5.74, 6) is 1.03. The van der Waals surface area contributed by atoms with Crippen molar-refractivity contribution in [3.63, 3.8) is 0 Å². The topological polar surface area (TPSA) is 117 Å². The van der Waals surface area contributed by atoms with Crippen molar-refractivity contribution >= 4 is 34.1 Å². The summed E-state index contributed by atoms with van der Waals surface area (Å²) in [5.41, 5.74) is 4.52. The highest BCUT2D eigenvalue weighted by atomic mass is 19.1. The van der Waals surface area contributed by atoms with Crippen LogP contribution < -0.4 is 9.64 Å². The number of aromatic amines is 1. The predicted octanol–water partition coefficient (Wildman–Crippen LogP) is 4.78. The molecule has 1 fully saturated rings. The molecule has 258 valence electrons. The molecule has 13 heteroatoms. The zero-order chi connectivity index (χ0) is 34.2. The van der Waals surface area contributed by atoms with Gasteiger partial charge in [-0.05, 0) is 55.0 Å². The largest absolute Gasteiger partial charge is 0.496 e. The molecule has 0 spiro atoms. The first-order valence-corrected chi connectivity index (χ1v) is 17.4. The van der Waals surface area contributed by atoms with Crippen LogP contribution in [0.25, 0.3) is 27.6 Å². The lowest BCUT2D eigenvalue weighted by atomic mass is 9.93. The van der Waals surface area contributed by atoms with Crippen molar-refractivity contribution in [2.24, 2.45) is 0 Å². The average Bonchev–Trinajstić information content (AvgIpc) is 3.95. The number of nitrogens with one attached hydrogen (secondary N) is 1. The molecule has 0 bridgehead atoms. The van der Waals surface area contributed by atoms with Crippen LogP contribution in [-0.2, 0) is 24.3 Å². The van der Waals surface area contributed by atoms with Crippen LogP contribution in [0.1, 0.15) is 47.4 Å². The predicted molar refractivity (Wildman–Crippen MR) is 187 cm³/mol. The van der Waals surface area contributed by atoms with Gasteiger partial charge in [0.15, 0.2) is 5.82 Å². The van der Waals surface area contributed by atoms with Gasteiger partial charge in [0.25, 0.3) is 5.91 Å². The summed E-state index contributed by atoms with van der Waals surface area (Å²) < 4.78 is 26.3. The molecule has 0 saturated carbocycles. The number of aryl methyl sites for hydroxylation is 2. The van der Waals surface area contributed by atoms with Crippen LogP contribution in [-0.4, -0.2) is 97.5 Å². The molecule has 2 aromatic carbocycles. The third kappa shape index (κ3) is 5.90. The number of piperazine rings is 1. The van der Waals surface area contributed by atoms with Gasteiger partial charge >= 0.3 is 0 Å². The third-order valence-corrected chi connectivity index (χ3v) is 10.2. The summed E-state index contributed by atoms with van der Waals surface area (Å²) in [6.45, 7) is 4.72. The number of para-hydroxylation sites is 1. The molecule has 8 rings (SSSR count). The van der Waals surface area contributed by atoms with Crippen LogP contribution in [0.3, 0.4) is 0 Å². The molecule has 3 aromatic heterocycles. The fourth-order valence-corrected chi connectivity index (χ4v) is 7.55. The molecule has 3 aliphatic heterocycles. The maximum atomic E-state index is 16.7. The maximum absolute atomic E-state index is 16.7. The van der Waals surface area contributed by atoms with E-state index in [1.165, 1.54) is 18.5 Å². The number of rotatable bonds is 8. The van der Waals surface area contributed by atoms with Crippen molar-refractivity contribution in [2.45, 2.75) is 45.2 Å². The minimum atomic E-state index is -0.449. The van der Waals surface area contributed by atoms with Gasteiger partial charge in [0.05, 0.1) is 37.4 Å². The normalized spacial score (nSPS) is 16.4. The molecule has 1 saturated heterocycles. The van der Waals surface area contributed by atoms with E-state index in [9.17, 15) is 9.59 Å². The molecule has 3 aliphatic rings. The van der Waals surface area contributed by atoms with E-state index in [2.05, 4.69) is 24.8 Å². The smallest absolute Gasteiger partial charge is 0.270 e. The summed E-state index contributed by atoms with van der Waals surface area (Å²) in [6, 6.07) is 11.2. The Morgan fingerprint density at radius 2 is 1.84 bits per heavy atom. The van der Waals surface area contributed by atoms with E-state index in [0.717, 1.165) is 35.5 Å². The van der Waals surface area contributed by atoms with E-state index in [4.69, 9.17) is 9.72 Å². The molecule has 1 N–H and O–H groups in total. The number of nitrogens with zero attached hydrogens (tertiary/aromatic N) is 8. The fourth-order valence-electron chi connectivity index (χ4n) is 7.55. The fraction of sp³-hybridized carbons (Fsp3) is 0.378. The number of anilines is 1. The molecular formula is C37H40FN9O3. The molecule has 0 atom stereocenters. The van der Waals surface area contributed by atoms with E-state index >= 15 is 4.39 Å². The van der Waals surface area contributed by atoms with Gasteiger partial charge in [-0.1, -0.05) is 29.5 Å². The van der Waals surface area contributed by atoms with Gasteiger partial charge in [-0.3, -0.25) is 14.3 Å². The first kappa shape index (κ1) is 31.8. The van der Waals surface area contributed by atoms with Gasteiger partial charge in [0.2, 0.25) is 5.91 Å². The molecule has 0 radical (unpaired) electrons. The van der Waals surface area contributed by atoms with Crippen LogP contribution >= 0.6 is 0 Å². The molecule has 12 nitrogen and oxygen atoms in total. The molecule has 5 aromatic rings. The number of ether oxygens (including phenoxy) is 1. The second kappa shape index (κ2) is 13.4. The molecule has 0 aliphatic carbocycles. The first-order chi connectivity index (χ1) is 24.5. The van der Waals surface area contributed by atoms with Gasteiger partial charge in [-0.15, -0.1) is 5.10 Å². The van der Waals surface area contributed by atoms with Gasteiger partial charge < -0.3 is 29.0 Å². The van der Waals surface area contributed by atoms with Crippen molar-refractivity contribution in [1.82, 2.24) is 39.3 Å². The number of hydrogen-bond donors (Lipinski definition) is 1. The van der Waals surface area contributed by atoms with Crippen molar-refractivity contribution < 1.29 is 18.7 Å². The molecular weight excluding hydrogens is 637 g/mol. The number of carbonyl (C=O) groups excluding carboxylic acids is 2. The number of fused-ring (bicyclic) bond motifs is 2. The number of imidazole rings is 1. The van der Waals surface area contributed by atoms with Crippen LogP contribution in [0.4, 0.5) is 10.2 Å². The van der Waals surface area contributed by atoms with E-state index in [0.29, 0.717) is 68.1 Å². The van der Waals surface area contributed by atoms with E-state index in [1.54, 1.807) is 35.2 Å². The van der Waals surface area contributed by atoms with Gasteiger partial charge in [0, 0.05) is 74.9 Å². The van der Waals surface area contributed by atoms with E-state index in [1.807, 2.05) is 47.6 Å². The minimum Gasteiger partial charge on any atom is -0.496 e. The van der Waals surface area contributed by atoms with Crippen LogP contribution in [0.5, 0.6) is 5.75 Å². The van der Waals surface area contributed by atoms with Crippen molar-refractivity contribution in [2.75, 3.05) is 51.3 Å². The zero-order valence-electron chi connectivity index (χ0n) is 28.1. The number of H-pyrrole nitrogens is 1. The number of benzene rings is 2. The lowest BCUT2D eigenvalue weighted by Crippen LogP contribution is -2.49. The molecule has 2 amide bonds. The van der Waals surface area contributed by atoms with Crippen molar-refractivity contribution in [3.05, 3.63) is 84.0 Å². The van der Waals surface area contributed by atoms with Crippen LogP contribution in [0, 0.1) is 5.82 Å². The van der Waals surface area contributed by atoms with E-state index < -0.39 is 5.82 Å². The second-order valence-corrected chi connectivity index (χ2v) is 13.2. The average molecular weight is 678 g/mol. The standard InChI is InChI=1S/C37H40FN9O3/c1-50-32-10-3-2-8-26(32)28-21-27(25-7-6-14-45(23-25)33(48)11-15-47-16-12-40-42-47)34(38)35-29(28)22-30(41-35)37(49)44-19-17-43(18-20-44)36-31-9-4-5-13-46(31)24-39-36/h2-3,7-8,10,12,16,21-22,24,41H,4-6,9,11,13-15,17-20,23H2,1H3. The minimum absolute atomic E-state index is 0.0295. The summed E-state index contributed by atoms with van der Waals surface area (Å²) in [4.78, 5) is 40.9. The SMILES string of the molecule is COc1ccccc1-c1cc(C2=CCCN(C(=O)CCn3ccnn3)C2)c(F)c2[nH]c(C(=O)N3CCN(c4ncn5c4CCCC5)CC3)cc12. The maximum Gasteiger partial charge on any atom is 0.270 e. The number of hydrogen-bond acceptors (Lipinski definition) is 7. The highest BCUT2D eigenvalue weighted by molar-refractivity contribution is 6.05. The summed E-state index contributed by atoms with van der Waals surface area (Å²) in [7, 11) is 1.61. The molecule has 50 heavy (non-hydrogen) atoms. The van der Waals surface area contributed by atoms with Crippen LogP contribution in [0.15, 0.2) is 61.2 Å². The van der Waals surface area contributed by atoms with Gasteiger partial charge in [-0.2, -0.15) is 0 Å². The Bertz CT molecular complexity index is 2070. The summed E-state index contributed by atoms with van der Waals surface area (Å²) >= 11 is 0. The molecule has 0 unspecified atom stereocenters. The Morgan fingerprint density at radius 1 is 0.980 bits per heavy atom. The highest BCUT2D eigenvalue weighted by Gasteiger charge is 2.29. The Kier molecular flexibility index (Phi) is 8.55. The summed E-state index contributed by atoms with van der Waals surface area (Å²) in [5, 5.41) is 8.35. The summed E-state index contributed by atoms with van der Waals surface area (Å²) in [6.07, 6.45) is 11.5. The number of amides is 2. The Hall–Kier alpha value is -5.46. The molecule has 6 heterocycles. The van der Waals surface area contributed by atoms with Crippen molar-refractivity contribution in [1.29, 1.82) is 0 Å². The Balaban J connectivity index is 1.08. The van der Waals surface area contributed by atoms with E-state index in [-0.39, 0.29) is 30.3 Å². The first-order valence-electron chi connectivity index (χ1n) is 17.4. The number of aromatic nitrogens is 6. The lowest BCUT2D eigenvalue weighted by molar-refractivity contribution is -0.131. The quantitative estimate of drug-likeness (QED) is 0.251. The van der Waals surface area contributed by atoms with Crippen molar-refractivity contribution in [3.8, 4) is 16.9 Å². The van der Waals surface area contributed by atoms with Gasteiger partial charge in [-0.25, -0.2) is 9.37 Å². The monoisotopic (exact) mass is 677 g/mol. The lowest BCUT2D eigenvalue weighted by Gasteiger charge is -2.35. The third-order valence-electron chi connectivity index (χ3n) is 10.2. The second-order valence-electron chi connectivity index (χ2n) is 13.2. The van der Waals surface area contributed by atoms with Crippen LogP contribution in [0.2, 0.25) is 0 Å². The zero-order valence-corrected chi connectivity index (χ0v) is 28.1. The van der Waals surface area contributed by atoms with Gasteiger partial charge in [0.1, 0.15) is 17.3 Å². The number of methoxy groups -OCH3 is 1. The highest BCUT2D eigenvalue weighted by Crippen LogP contribution is 2.40. The Morgan fingerprint density at radius 3 is 2.66 bits per heavy atom.